The molecule has 0 amide bonds. The fourth-order valence-corrected chi connectivity index (χ4v) is 2.29. The van der Waals surface area contributed by atoms with Crippen molar-refractivity contribution in [3.05, 3.63) is 22.2 Å². The summed E-state index contributed by atoms with van der Waals surface area (Å²) < 4.78 is 11.4. The number of hydrogen-bond acceptors (Lipinski definition) is 3. The number of aliphatic hydroxyl groups is 1. The fraction of sp³-hybridized carbons (Fsp3) is 0.500. The molecule has 1 N–H and O–H groups in total. The molecule has 2 rings (SSSR count). The van der Waals surface area contributed by atoms with Gasteiger partial charge in [0.25, 0.3) is 0 Å². The van der Waals surface area contributed by atoms with Gasteiger partial charge in [-0.05, 0) is 40.4 Å². The van der Waals surface area contributed by atoms with Crippen molar-refractivity contribution in [3.8, 4) is 11.5 Å². The van der Waals surface area contributed by atoms with Crippen LogP contribution < -0.4 is 9.47 Å². The third-order valence-electron chi connectivity index (χ3n) is 2.90. The summed E-state index contributed by atoms with van der Waals surface area (Å²) in [7, 11) is 3.25. The summed E-state index contributed by atoms with van der Waals surface area (Å²) in [6.07, 6.45) is 2.39. The number of ether oxygens (including phenoxy) is 2. The first kappa shape index (κ1) is 11.7. The van der Waals surface area contributed by atoms with Gasteiger partial charge in [0.15, 0.2) is 0 Å². The highest BCUT2D eigenvalue weighted by molar-refractivity contribution is 9.10. The van der Waals surface area contributed by atoms with Gasteiger partial charge in [-0.3, -0.25) is 0 Å². The molecule has 0 aromatic heterocycles. The third kappa shape index (κ3) is 2.33. The van der Waals surface area contributed by atoms with Crippen LogP contribution in [0.4, 0.5) is 0 Å². The molecule has 1 fully saturated rings. The van der Waals surface area contributed by atoms with Crippen LogP contribution in [0.5, 0.6) is 11.5 Å². The topological polar surface area (TPSA) is 38.7 Å². The van der Waals surface area contributed by atoms with E-state index in [4.69, 9.17) is 9.47 Å². The van der Waals surface area contributed by atoms with E-state index in [9.17, 15) is 5.11 Å². The van der Waals surface area contributed by atoms with Gasteiger partial charge in [-0.1, -0.05) is 0 Å². The molecule has 0 radical (unpaired) electrons. The van der Waals surface area contributed by atoms with Crippen LogP contribution >= 0.6 is 15.9 Å². The average molecular weight is 287 g/mol. The molecular formula is C12H15BrO3. The Morgan fingerprint density at radius 2 is 1.88 bits per heavy atom. The molecule has 0 aliphatic heterocycles. The minimum Gasteiger partial charge on any atom is -0.496 e. The summed E-state index contributed by atoms with van der Waals surface area (Å²) in [6.45, 7) is 0. The molecule has 0 heterocycles. The predicted octanol–water partition coefficient (Wildman–Crippen LogP) is 2.53. The van der Waals surface area contributed by atoms with Crippen LogP contribution in [-0.2, 0) is 6.42 Å². The molecule has 1 aliphatic carbocycles. The van der Waals surface area contributed by atoms with Crippen LogP contribution in [0.2, 0.25) is 0 Å². The highest BCUT2D eigenvalue weighted by Crippen LogP contribution is 2.42. The number of hydrogen-bond donors (Lipinski definition) is 1. The fourth-order valence-electron chi connectivity index (χ4n) is 1.74. The van der Waals surface area contributed by atoms with Crippen molar-refractivity contribution < 1.29 is 14.6 Å². The molecule has 16 heavy (non-hydrogen) atoms. The Morgan fingerprint density at radius 1 is 1.25 bits per heavy atom. The zero-order chi connectivity index (χ0) is 11.8. The first-order valence-corrected chi connectivity index (χ1v) is 6.00. The molecule has 0 bridgehead atoms. The van der Waals surface area contributed by atoms with Crippen molar-refractivity contribution >= 4 is 15.9 Å². The highest BCUT2D eigenvalue weighted by atomic mass is 79.9. The van der Waals surface area contributed by atoms with Crippen LogP contribution in [0.25, 0.3) is 0 Å². The van der Waals surface area contributed by atoms with Crippen LogP contribution in [0, 0.1) is 0 Å². The Labute approximate surface area is 104 Å². The molecule has 0 unspecified atom stereocenters. The third-order valence-corrected chi connectivity index (χ3v) is 3.52. The summed E-state index contributed by atoms with van der Waals surface area (Å²) in [4.78, 5) is 0. The minimum absolute atomic E-state index is 0.513. The highest BCUT2D eigenvalue weighted by Gasteiger charge is 2.40. The first-order valence-electron chi connectivity index (χ1n) is 5.21. The second-order valence-corrected chi connectivity index (χ2v) is 5.05. The molecule has 0 spiro atoms. The molecule has 88 valence electrons. The lowest BCUT2D eigenvalue weighted by molar-refractivity contribution is 0.150. The van der Waals surface area contributed by atoms with Crippen molar-refractivity contribution in [2.75, 3.05) is 14.2 Å². The van der Waals surface area contributed by atoms with Gasteiger partial charge in [0, 0.05) is 12.5 Å². The number of methoxy groups -OCH3 is 2. The van der Waals surface area contributed by atoms with Crippen LogP contribution in [0.3, 0.4) is 0 Å². The van der Waals surface area contributed by atoms with Gasteiger partial charge in [0.1, 0.15) is 11.5 Å². The molecule has 0 atom stereocenters. The maximum absolute atomic E-state index is 9.92. The zero-order valence-electron chi connectivity index (χ0n) is 9.42. The lowest BCUT2D eigenvalue weighted by Gasteiger charge is -2.14. The lowest BCUT2D eigenvalue weighted by Crippen LogP contribution is -2.11. The monoisotopic (exact) mass is 286 g/mol. The van der Waals surface area contributed by atoms with Crippen LogP contribution in [0.1, 0.15) is 18.4 Å². The van der Waals surface area contributed by atoms with E-state index in [1.165, 1.54) is 0 Å². The van der Waals surface area contributed by atoms with E-state index >= 15 is 0 Å². The Bertz CT molecular complexity index is 399. The molecule has 1 aliphatic rings. The Balaban J connectivity index is 2.32. The second-order valence-electron chi connectivity index (χ2n) is 4.20. The summed E-state index contributed by atoms with van der Waals surface area (Å²) in [5.41, 5.74) is 0.497. The van der Waals surface area contributed by atoms with Gasteiger partial charge in [0.2, 0.25) is 0 Å². The lowest BCUT2D eigenvalue weighted by atomic mass is 10.1. The van der Waals surface area contributed by atoms with E-state index in [0.29, 0.717) is 6.42 Å². The summed E-state index contributed by atoms with van der Waals surface area (Å²) in [6, 6.07) is 3.79. The van der Waals surface area contributed by atoms with Crippen molar-refractivity contribution in [3.63, 3.8) is 0 Å². The smallest absolute Gasteiger partial charge is 0.136 e. The van der Waals surface area contributed by atoms with Crippen molar-refractivity contribution in [2.45, 2.75) is 24.9 Å². The molecule has 0 saturated heterocycles. The Hall–Kier alpha value is -0.740. The minimum atomic E-state index is -0.513. The van der Waals surface area contributed by atoms with Crippen LogP contribution in [-0.4, -0.2) is 24.9 Å². The van der Waals surface area contributed by atoms with E-state index in [2.05, 4.69) is 15.9 Å². The first-order chi connectivity index (χ1) is 7.58. The number of halogens is 1. The van der Waals surface area contributed by atoms with Gasteiger partial charge in [-0.25, -0.2) is 0 Å². The summed E-state index contributed by atoms with van der Waals surface area (Å²) in [5.74, 6) is 1.50. The van der Waals surface area contributed by atoms with Crippen molar-refractivity contribution in [1.82, 2.24) is 0 Å². The quantitative estimate of drug-likeness (QED) is 0.925. The molecular weight excluding hydrogens is 272 g/mol. The van der Waals surface area contributed by atoms with E-state index < -0.39 is 5.60 Å². The summed E-state index contributed by atoms with van der Waals surface area (Å²) in [5, 5.41) is 9.92. The van der Waals surface area contributed by atoms with Gasteiger partial charge in [-0.2, -0.15) is 0 Å². The average Bonchev–Trinajstić information content (AvgIpc) is 2.96. The molecule has 3 nitrogen and oxygen atoms in total. The van der Waals surface area contributed by atoms with Crippen molar-refractivity contribution in [1.29, 1.82) is 0 Å². The van der Waals surface area contributed by atoms with Gasteiger partial charge in [-0.15, -0.1) is 0 Å². The predicted molar refractivity (Wildman–Crippen MR) is 65.1 cm³/mol. The standard InChI is InChI=1S/C12H15BrO3/c1-15-10-6-11(16-2)9(13)5-8(10)7-12(14)3-4-12/h5-6,14H,3-4,7H2,1-2H3. The number of rotatable bonds is 4. The van der Waals surface area contributed by atoms with Gasteiger partial charge < -0.3 is 14.6 Å². The van der Waals surface area contributed by atoms with Crippen LogP contribution in [0.15, 0.2) is 16.6 Å². The molecule has 1 saturated carbocycles. The Morgan fingerprint density at radius 3 is 2.38 bits per heavy atom. The molecule has 1 aromatic carbocycles. The molecule has 4 heteroatoms. The van der Waals surface area contributed by atoms with Gasteiger partial charge >= 0.3 is 0 Å². The summed E-state index contributed by atoms with van der Waals surface area (Å²) >= 11 is 3.44. The van der Waals surface area contributed by atoms with E-state index in [0.717, 1.165) is 34.4 Å². The number of benzene rings is 1. The van der Waals surface area contributed by atoms with E-state index in [1.807, 2.05) is 12.1 Å². The Kier molecular flexibility index (Phi) is 3.13. The van der Waals surface area contributed by atoms with Crippen molar-refractivity contribution in [2.24, 2.45) is 0 Å². The second kappa shape index (κ2) is 4.26. The SMILES string of the molecule is COc1cc(OC)c(CC2(O)CC2)cc1Br. The largest absolute Gasteiger partial charge is 0.496 e. The maximum atomic E-state index is 9.92. The van der Waals surface area contributed by atoms with E-state index in [1.54, 1.807) is 14.2 Å². The van der Waals surface area contributed by atoms with Gasteiger partial charge in [0.05, 0.1) is 24.3 Å². The normalized spacial score (nSPS) is 17.0. The maximum Gasteiger partial charge on any atom is 0.136 e. The molecule has 1 aromatic rings. The van der Waals surface area contributed by atoms with E-state index in [-0.39, 0.29) is 0 Å². The zero-order valence-corrected chi connectivity index (χ0v) is 11.0.